The van der Waals surface area contributed by atoms with E-state index in [4.69, 9.17) is 0 Å². The van der Waals surface area contributed by atoms with Gasteiger partial charge in [-0.25, -0.2) is 22.0 Å². The molecule has 0 rings (SSSR count). The first-order valence-corrected chi connectivity index (χ1v) is 6.28. The third kappa shape index (κ3) is 4.85. The maximum absolute atomic E-state index is 13.1. The van der Waals surface area contributed by atoms with Crippen molar-refractivity contribution in [3.05, 3.63) is 0 Å². The van der Waals surface area contributed by atoms with Gasteiger partial charge in [0.2, 0.25) is 6.17 Å². The fourth-order valence-electron chi connectivity index (χ4n) is 1.02. The van der Waals surface area contributed by atoms with Gasteiger partial charge >= 0.3 is 11.8 Å². The van der Waals surface area contributed by atoms with E-state index in [1.807, 2.05) is 0 Å². The summed E-state index contributed by atoms with van der Waals surface area (Å²) in [5.74, 6) is -15.6. The van der Waals surface area contributed by atoms with Crippen LogP contribution in [0.15, 0.2) is 0 Å². The molecule has 0 amide bonds. The number of alkyl halides is 7. The molecule has 114 valence electrons. The van der Waals surface area contributed by atoms with Gasteiger partial charge in [-0.15, -0.1) is 0 Å². The van der Waals surface area contributed by atoms with Crippen LogP contribution in [0.4, 0.5) is 30.7 Å². The van der Waals surface area contributed by atoms with Crippen molar-refractivity contribution in [3.8, 4) is 0 Å². The van der Waals surface area contributed by atoms with Crippen molar-refractivity contribution in [2.75, 3.05) is 5.75 Å². The van der Waals surface area contributed by atoms with Crippen LogP contribution in [0, 0.1) is 0 Å². The molecule has 0 aliphatic rings. The molecule has 0 saturated carbocycles. The van der Waals surface area contributed by atoms with Crippen LogP contribution in [-0.2, 0) is 4.79 Å². The summed E-state index contributed by atoms with van der Waals surface area (Å²) in [5, 5.41) is -0.473. The Bertz CT molecular complexity index is 313. The van der Waals surface area contributed by atoms with Gasteiger partial charge in [0.1, 0.15) is 0 Å². The Labute approximate surface area is 109 Å². The van der Waals surface area contributed by atoms with Gasteiger partial charge < -0.3 is 0 Å². The van der Waals surface area contributed by atoms with E-state index in [0.717, 1.165) is 0 Å². The number of thioether (sulfide) groups is 1. The van der Waals surface area contributed by atoms with Crippen molar-refractivity contribution in [3.63, 3.8) is 0 Å². The van der Waals surface area contributed by atoms with Gasteiger partial charge in [0.05, 0.1) is 0 Å². The summed E-state index contributed by atoms with van der Waals surface area (Å²) >= 11 is 0.421. The Morgan fingerprint density at radius 3 is 2.00 bits per heavy atom. The minimum absolute atomic E-state index is 0.0402. The van der Waals surface area contributed by atoms with Gasteiger partial charge in [0, 0.05) is 25.5 Å². The molecular weight excluding hydrogens is 301 g/mol. The highest BCUT2D eigenvalue weighted by molar-refractivity contribution is 8.13. The highest BCUT2D eigenvalue weighted by Crippen LogP contribution is 2.45. The molecular formula is C10H13F7OS. The minimum atomic E-state index is -5.48. The molecule has 1 atom stereocenters. The SMILES string of the molecule is CCC(=O)SCCC(F)(F)C(F)C(F)(F)C(C)(F)F. The zero-order valence-electron chi connectivity index (χ0n) is 10.2. The molecule has 0 fully saturated rings. The zero-order valence-corrected chi connectivity index (χ0v) is 11.0. The van der Waals surface area contributed by atoms with Gasteiger partial charge in [-0.1, -0.05) is 18.7 Å². The number of carbonyl (C=O) groups is 1. The summed E-state index contributed by atoms with van der Waals surface area (Å²) in [6, 6.07) is 0. The predicted molar refractivity (Wildman–Crippen MR) is 57.8 cm³/mol. The van der Waals surface area contributed by atoms with E-state index >= 15 is 0 Å². The normalized spacial score (nSPS) is 15.4. The second-order valence-electron chi connectivity index (χ2n) is 3.96. The van der Waals surface area contributed by atoms with Crippen molar-refractivity contribution in [2.24, 2.45) is 0 Å². The van der Waals surface area contributed by atoms with Gasteiger partial charge in [0.25, 0.3) is 5.92 Å². The smallest absolute Gasteiger partial charge is 0.287 e. The third-order valence-electron chi connectivity index (χ3n) is 2.26. The molecule has 0 N–H and O–H groups in total. The third-order valence-corrected chi connectivity index (χ3v) is 3.28. The van der Waals surface area contributed by atoms with E-state index in [-0.39, 0.29) is 13.3 Å². The maximum atomic E-state index is 13.1. The summed E-state index contributed by atoms with van der Waals surface area (Å²) in [6.07, 6.45) is -5.69. The van der Waals surface area contributed by atoms with E-state index in [2.05, 4.69) is 0 Å². The van der Waals surface area contributed by atoms with Crippen molar-refractivity contribution < 1.29 is 35.5 Å². The Hall–Kier alpha value is -0.470. The second kappa shape index (κ2) is 6.32. The van der Waals surface area contributed by atoms with Gasteiger partial charge in [-0.2, -0.15) is 8.78 Å². The van der Waals surface area contributed by atoms with Crippen LogP contribution in [0.25, 0.3) is 0 Å². The van der Waals surface area contributed by atoms with Gasteiger partial charge in [-0.05, 0) is 0 Å². The Morgan fingerprint density at radius 2 is 1.63 bits per heavy atom. The minimum Gasteiger partial charge on any atom is -0.287 e. The molecule has 0 aromatic rings. The van der Waals surface area contributed by atoms with Crippen molar-refractivity contribution >= 4 is 16.9 Å². The monoisotopic (exact) mass is 314 g/mol. The molecule has 9 heteroatoms. The number of hydrogen-bond donors (Lipinski definition) is 0. The molecule has 19 heavy (non-hydrogen) atoms. The lowest BCUT2D eigenvalue weighted by molar-refractivity contribution is -0.270. The van der Waals surface area contributed by atoms with Crippen LogP contribution >= 0.6 is 11.8 Å². The maximum Gasteiger partial charge on any atom is 0.346 e. The average Bonchev–Trinajstić information content (AvgIpc) is 2.25. The predicted octanol–water partition coefficient (Wildman–Crippen LogP) is 4.31. The van der Waals surface area contributed by atoms with E-state index in [1.54, 1.807) is 0 Å². The summed E-state index contributed by atoms with van der Waals surface area (Å²) in [6.45, 7) is 1.13. The van der Waals surface area contributed by atoms with Crippen LogP contribution in [-0.4, -0.2) is 34.8 Å². The quantitative estimate of drug-likeness (QED) is 0.651. The highest BCUT2D eigenvalue weighted by atomic mass is 32.2. The molecule has 0 saturated heterocycles. The van der Waals surface area contributed by atoms with Crippen molar-refractivity contribution in [1.29, 1.82) is 0 Å². The van der Waals surface area contributed by atoms with Crippen LogP contribution in [0.2, 0.25) is 0 Å². The lowest BCUT2D eigenvalue weighted by Crippen LogP contribution is -2.53. The largest absolute Gasteiger partial charge is 0.346 e. The first kappa shape index (κ1) is 18.5. The van der Waals surface area contributed by atoms with E-state index in [9.17, 15) is 35.5 Å². The van der Waals surface area contributed by atoms with Crippen LogP contribution in [0.1, 0.15) is 26.7 Å². The lowest BCUT2D eigenvalue weighted by atomic mass is 10.0. The molecule has 1 unspecified atom stereocenters. The molecule has 0 heterocycles. The summed E-state index contributed by atoms with van der Waals surface area (Å²) < 4.78 is 89.5. The fourth-order valence-corrected chi connectivity index (χ4v) is 1.82. The molecule has 0 spiro atoms. The van der Waals surface area contributed by atoms with E-state index in [0.29, 0.717) is 11.8 Å². The fraction of sp³-hybridized carbons (Fsp3) is 0.900. The Kier molecular flexibility index (Phi) is 6.16. The van der Waals surface area contributed by atoms with Gasteiger partial charge in [0.15, 0.2) is 5.12 Å². The van der Waals surface area contributed by atoms with Crippen molar-refractivity contribution in [2.45, 2.75) is 50.6 Å². The van der Waals surface area contributed by atoms with E-state index in [1.165, 1.54) is 6.92 Å². The summed E-state index contributed by atoms with van der Waals surface area (Å²) in [7, 11) is 0. The van der Waals surface area contributed by atoms with Crippen LogP contribution in [0.3, 0.4) is 0 Å². The molecule has 1 nitrogen and oxygen atoms in total. The first-order valence-electron chi connectivity index (χ1n) is 5.29. The number of hydrogen-bond acceptors (Lipinski definition) is 2. The summed E-state index contributed by atoms with van der Waals surface area (Å²) in [5.41, 5.74) is 0. The molecule has 0 aromatic heterocycles. The molecule has 0 aliphatic heterocycles. The van der Waals surface area contributed by atoms with Gasteiger partial charge in [-0.3, -0.25) is 4.79 Å². The first-order chi connectivity index (χ1) is 8.36. The topological polar surface area (TPSA) is 17.1 Å². The Balaban J connectivity index is 4.68. The molecule has 0 bridgehead atoms. The highest BCUT2D eigenvalue weighted by Gasteiger charge is 2.66. The van der Waals surface area contributed by atoms with E-state index < -0.39 is 41.2 Å². The zero-order chi connectivity index (χ0) is 15.5. The van der Waals surface area contributed by atoms with Crippen LogP contribution < -0.4 is 0 Å². The number of carbonyl (C=O) groups excluding carboxylic acids is 1. The summed E-state index contributed by atoms with van der Waals surface area (Å²) in [4.78, 5) is 10.8. The number of halogens is 7. The second-order valence-corrected chi connectivity index (χ2v) is 5.11. The molecule has 0 aromatic carbocycles. The molecule has 0 radical (unpaired) electrons. The van der Waals surface area contributed by atoms with Crippen molar-refractivity contribution in [1.82, 2.24) is 0 Å². The number of rotatable bonds is 7. The standard InChI is InChI=1S/C10H13F7OS/c1-3-6(18)19-5-4-9(14,15)7(11)10(16,17)8(2,12)13/h7H,3-5H2,1-2H3. The van der Waals surface area contributed by atoms with Crippen LogP contribution in [0.5, 0.6) is 0 Å². The molecule has 0 aliphatic carbocycles. The Morgan fingerprint density at radius 1 is 1.16 bits per heavy atom. The average molecular weight is 314 g/mol. The lowest BCUT2D eigenvalue weighted by Gasteiger charge is -2.30.